The Hall–Kier alpha value is -1.12. The molecule has 0 saturated carbocycles. The van der Waals surface area contributed by atoms with Crippen LogP contribution in [0.25, 0.3) is 0 Å². The van der Waals surface area contributed by atoms with Gasteiger partial charge in [0.05, 0.1) is 6.04 Å². The molecule has 3 rings (SSSR count). The number of rotatable bonds is 5. The summed E-state index contributed by atoms with van der Waals surface area (Å²) in [4.78, 5) is 1.43. The van der Waals surface area contributed by atoms with Crippen molar-refractivity contribution in [1.82, 2.24) is 5.32 Å². The van der Waals surface area contributed by atoms with Crippen LogP contribution < -0.4 is 5.32 Å². The molecule has 0 fully saturated rings. The normalized spacial score (nSPS) is 15.8. The number of hydrogen-bond acceptors (Lipinski definition) is 2. The number of hydrogen-bond donors (Lipinski definition) is 1. The van der Waals surface area contributed by atoms with E-state index < -0.39 is 0 Å². The Kier molecular flexibility index (Phi) is 4.54. The molecule has 1 atom stereocenters. The van der Waals surface area contributed by atoms with Gasteiger partial charge in [-0.1, -0.05) is 31.2 Å². The third-order valence-corrected chi connectivity index (χ3v) is 5.07. The van der Waals surface area contributed by atoms with Gasteiger partial charge < -0.3 is 5.32 Å². The molecular weight excluding hydrogens is 262 g/mol. The zero-order chi connectivity index (χ0) is 13.8. The first-order valence-corrected chi connectivity index (χ1v) is 8.65. The Morgan fingerprint density at radius 3 is 2.75 bits per heavy atom. The van der Waals surface area contributed by atoms with E-state index in [-0.39, 0.29) is 0 Å². The Balaban J connectivity index is 1.90. The van der Waals surface area contributed by atoms with Crippen LogP contribution in [0.1, 0.15) is 53.8 Å². The van der Waals surface area contributed by atoms with E-state index in [9.17, 15) is 0 Å². The fourth-order valence-corrected chi connectivity index (χ4v) is 3.89. The van der Waals surface area contributed by atoms with Gasteiger partial charge in [-0.05, 0) is 66.8 Å². The lowest BCUT2D eigenvalue weighted by molar-refractivity contribution is 0.603. The molecule has 1 N–H and O–H groups in total. The summed E-state index contributed by atoms with van der Waals surface area (Å²) < 4.78 is 0. The van der Waals surface area contributed by atoms with Gasteiger partial charge in [0.2, 0.25) is 0 Å². The second-order valence-corrected chi connectivity index (χ2v) is 6.62. The molecular formula is C18H23NS. The number of benzene rings is 1. The van der Waals surface area contributed by atoms with Crippen molar-refractivity contribution in [1.29, 1.82) is 0 Å². The summed E-state index contributed by atoms with van der Waals surface area (Å²) in [6.45, 7) is 3.30. The van der Waals surface area contributed by atoms with Gasteiger partial charge in [-0.3, -0.25) is 0 Å². The van der Waals surface area contributed by atoms with Gasteiger partial charge in [0.15, 0.2) is 0 Å². The minimum Gasteiger partial charge on any atom is -0.306 e. The summed E-state index contributed by atoms with van der Waals surface area (Å²) in [6.07, 6.45) is 6.40. The van der Waals surface area contributed by atoms with Crippen LogP contribution in [0.4, 0.5) is 0 Å². The Labute approximate surface area is 126 Å². The van der Waals surface area contributed by atoms with Crippen molar-refractivity contribution in [2.45, 2.75) is 45.1 Å². The van der Waals surface area contributed by atoms with Crippen LogP contribution in [-0.2, 0) is 12.8 Å². The molecule has 1 aliphatic rings. The average molecular weight is 285 g/mol. The molecule has 1 heterocycles. The van der Waals surface area contributed by atoms with Crippen LogP contribution in [-0.4, -0.2) is 6.54 Å². The maximum Gasteiger partial charge on any atom is 0.0671 e. The lowest BCUT2D eigenvalue weighted by Gasteiger charge is -2.22. The zero-order valence-corrected chi connectivity index (χ0v) is 13.0. The molecule has 2 aromatic rings. The maximum absolute atomic E-state index is 3.71. The number of nitrogens with one attached hydrogen (secondary N) is 1. The molecule has 0 saturated heterocycles. The molecule has 1 nitrogen and oxygen atoms in total. The third-order valence-electron chi connectivity index (χ3n) is 4.13. The lowest BCUT2D eigenvalue weighted by Crippen LogP contribution is -2.22. The van der Waals surface area contributed by atoms with Crippen molar-refractivity contribution < 1.29 is 0 Å². The summed E-state index contributed by atoms with van der Waals surface area (Å²) >= 11 is 1.85. The van der Waals surface area contributed by atoms with Crippen molar-refractivity contribution in [2.24, 2.45) is 0 Å². The van der Waals surface area contributed by atoms with Crippen molar-refractivity contribution in [3.05, 3.63) is 57.3 Å². The topological polar surface area (TPSA) is 12.0 Å². The quantitative estimate of drug-likeness (QED) is 0.838. The van der Waals surface area contributed by atoms with Gasteiger partial charge in [-0.15, -0.1) is 11.3 Å². The SMILES string of the molecule is CCCNC(c1ccc2c(c1)CCCC2)c1cccs1. The summed E-state index contributed by atoms with van der Waals surface area (Å²) in [5, 5.41) is 5.88. The highest BCUT2D eigenvalue weighted by atomic mass is 32.1. The molecule has 106 valence electrons. The Morgan fingerprint density at radius 1 is 1.15 bits per heavy atom. The molecule has 1 aromatic carbocycles. The monoisotopic (exact) mass is 285 g/mol. The highest BCUT2D eigenvalue weighted by Crippen LogP contribution is 2.30. The first-order valence-electron chi connectivity index (χ1n) is 7.77. The molecule has 2 heteroatoms. The number of fused-ring (bicyclic) bond motifs is 1. The van der Waals surface area contributed by atoms with Gasteiger partial charge in [0, 0.05) is 4.88 Å². The highest BCUT2D eigenvalue weighted by molar-refractivity contribution is 7.10. The van der Waals surface area contributed by atoms with Crippen LogP contribution in [0.5, 0.6) is 0 Å². The van der Waals surface area contributed by atoms with Crippen LogP contribution in [0.3, 0.4) is 0 Å². The summed E-state index contributed by atoms with van der Waals surface area (Å²) in [5.41, 5.74) is 4.58. The molecule has 1 unspecified atom stereocenters. The molecule has 0 spiro atoms. The molecule has 1 aromatic heterocycles. The fraction of sp³-hybridized carbons (Fsp3) is 0.444. The third kappa shape index (κ3) is 2.97. The minimum absolute atomic E-state index is 0.363. The molecule has 0 aliphatic heterocycles. The second kappa shape index (κ2) is 6.55. The predicted octanol–water partition coefficient (Wildman–Crippen LogP) is 4.72. The summed E-state index contributed by atoms with van der Waals surface area (Å²) in [6, 6.07) is 11.9. The summed E-state index contributed by atoms with van der Waals surface area (Å²) in [7, 11) is 0. The zero-order valence-electron chi connectivity index (χ0n) is 12.2. The fourth-order valence-electron chi connectivity index (χ4n) is 3.06. The Bertz CT molecular complexity index is 545. The standard InChI is InChI=1S/C18H23NS/c1-2-11-19-18(17-8-5-12-20-17)16-10-9-14-6-3-4-7-15(14)13-16/h5,8-10,12-13,18-19H,2-4,6-7,11H2,1H3. The second-order valence-electron chi connectivity index (χ2n) is 5.64. The van der Waals surface area contributed by atoms with Crippen molar-refractivity contribution in [3.8, 4) is 0 Å². The minimum atomic E-state index is 0.363. The first kappa shape index (κ1) is 13.8. The Morgan fingerprint density at radius 2 is 2.00 bits per heavy atom. The van der Waals surface area contributed by atoms with Crippen LogP contribution in [0, 0.1) is 0 Å². The predicted molar refractivity (Wildman–Crippen MR) is 87.5 cm³/mol. The van der Waals surface area contributed by atoms with Gasteiger partial charge >= 0.3 is 0 Å². The highest BCUT2D eigenvalue weighted by Gasteiger charge is 2.17. The van der Waals surface area contributed by atoms with Crippen molar-refractivity contribution >= 4 is 11.3 Å². The summed E-state index contributed by atoms with van der Waals surface area (Å²) in [5.74, 6) is 0. The van der Waals surface area contributed by atoms with Crippen LogP contribution >= 0.6 is 11.3 Å². The molecule has 0 bridgehead atoms. The number of thiophene rings is 1. The average Bonchev–Trinajstić information content (AvgIpc) is 3.02. The molecule has 1 aliphatic carbocycles. The van der Waals surface area contributed by atoms with E-state index in [0.29, 0.717) is 6.04 Å². The van der Waals surface area contributed by atoms with Crippen LogP contribution in [0.15, 0.2) is 35.7 Å². The van der Waals surface area contributed by atoms with E-state index in [1.165, 1.54) is 42.5 Å². The van der Waals surface area contributed by atoms with E-state index in [2.05, 4.69) is 48.0 Å². The lowest BCUT2D eigenvalue weighted by atomic mass is 9.89. The van der Waals surface area contributed by atoms with E-state index in [0.717, 1.165) is 6.54 Å². The smallest absolute Gasteiger partial charge is 0.0671 e. The first-order chi connectivity index (χ1) is 9.88. The largest absolute Gasteiger partial charge is 0.306 e. The van der Waals surface area contributed by atoms with E-state index >= 15 is 0 Å². The van der Waals surface area contributed by atoms with Gasteiger partial charge in [-0.2, -0.15) is 0 Å². The van der Waals surface area contributed by atoms with Gasteiger partial charge in [0.1, 0.15) is 0 Å². The van der Waals surface area contributed by atoms with E-state index in [1.807, 2.05) is 11.3 Å². The number of aryl methyl sites for hydroxylation is 2. The maximum atomic E-state index is 3.71. The van der Waals surface area contributed by atoms with Gasteiger partial charge in [-0.25, -0.2) is 0 Å². The molecule has 0 amide bonds. The van der Waals surface area contributed by atoms with E-state index in [1.54, 1.807) is 11.1 Å². The van der Waals surface area contributed by atoms with Crippen molar-refractivity contribution in [3.63, 3.8) is 0 Å². The van der Waals surface area contributed by atoms with Crippen LogP contribution in [0.2, 0.25) is 0 Å². The van der Waals surface area contributed by atoms with Gasteiger partial charge in [0.25, 0.3) is 0 Å². The van der Waals surface area contributed by atoms with E-state index in [4.69, 9.17) is 0 Å². The van der Waals surface area contributed by atoms with Crippen molar-refractivity contribution in [2.75, 3.05) is 6.54 Å². The molecule has 20 heavy (non-hydrogen) atoms. The molecule has 0 radical (unpaired) electrons.